The van der Waals surface area contributed by atoms with Crippen molar-refractivity contribution in [2.75, 3.05) is 5.75 Å². The lowest BCUT2D eigenvalue weighted by atomic mass is 10.2. The van der Waals surface area contributed by atoms with Crippen LogP contribution in [0.5, 0.6) is 0 Å². The minimum atomic E-state index is -0.667. The van der Waals surface area contributed by atoms with Crippen molar-refractivity contribution in [3.63, 3.8) is 0 Å². The maximum absolute atomic E-state index is 12.5. The number of rotatable bonds is 0. The molecule has 1 atom stereocenters. The fourth-order valence-electron chi connectivity index (χ4n) is 0.658. The lowest BCUT2D eigenvalue weighted by Gasteiger charge is -1.94. The molecular formula is C6H9FS. The molecule has 0 radical (unpaired) electrons. The molecule has 0 saturated carbocycles. The van der Waals surface area contributed by atoms with Crippen molar-refractivity contribution in [3.05, 3.63) is 10.5 Å². The number of hydrogen-bond donors (Lipinski definition) is 0. The number of alkyl halides is 1. The first-order valence-electron chi connectivity index (χ1n) is 2.66. The molecule has 46 valence electrons. The van der Waals surface area contributed by atoms with Crippen molar-refractivity contribution in [1.82, 2.24) is 0 Å². The smallest absolute Gasteiger partial charge is 0.131 e. The van der Waals surface area contributed by atoms with Gasteiger partial charge in [-0.1, -0.05) is 0 Å². The van der Waals surface area contributed by atoms with Crippen LogP contribution in [-0.2, 0) is 0 Å². The van der Waals surface area contributed by atoms with Crippen molar-refractivity contribution in [2.24, 2.45) is 0 Å². The summed E-state index contributed by atoms with van der Waals surface area (Å²) in [7, 11) is 0. The molecule has 0 aromatic rings. The van der Waals surface area contributed by atoms with Crippen LogP contribution < -0.4 is 0 Å². The minimum absolute atomic E-state index is 0.637. The minimum Gasteiger partial charge on any atom is -0.242 e. The van der Waals surface area contributed by atoms with Gasteiger partial charge in [-0.15, -0.1) is 11.8 Å². The van der Waals surface area contributed by atoms with Gasteiger partial charge in [-0.2, -0.15) is 0 Å². The molecule has 0 saturated heterocycles. The van der Waals surface area contributed by atoms with Crippen molar-refractivity contribution in [2.45, 2.75) is 20.0 Å². The molecule has 0 amide bonds. The van der Waals surface area contributed by atoms with Gasteiger partial charge in [0, 0.05) is 5.75 Å². The van der Waals surface area contributed by atoms with Crippen LogP contribution in [0.25, 0.3) is 0 Å². The van der Waals surface area contributed by atoms with Crippen LogP contribution >= 0.6 is 11.8 Å². The van der Waals surface area contributed by atoms with E-state index in [1.165, 1.54) is 0 Å². The number of allylic oxidation sites excluding steroid dienone is 2. The van der Waals surface area contributed by atoms with E-state index >= 15 is 0 Å². The van der Waals surface area contributed by atoms with E-state index in [9.17, 15) is 4.39 Å². The highest BCUT2D eigenvalue weighted by molar-refractivity contribution is 8.03. The zero-order chi connectivity index (χ0) is 6.15. The van der Waals surface area contributed by atoms with Crippen molar-refractivity contribution in [3.8, 4) is 0 Å². The van der Waals surface area contributed by atoms with Gasteiger partial charge in [-0.25, -0.2) is 4.39 Å². The molecule has 1 rings (SSSR count). The summed E-state index contributed by atoms with van der Waals surface area (Å²) in [6.45, 7) is 3.83. The summed E-state index contributed by atoms with van der Waals surface area (Å²) in [5.74, 6) is 0.637. The molecule has 8 heavy (non-hydrogen) atoms. The Morgan fingerprint density at radius 3 is 2.38 bits per heavy atom. The molecule has 0 N–H and O–H groups in total. The van der Waals surface area contributed by atoms with Gasteiger partial charge >= 0.3 is 0 Å². The largest absolute Gasteiger partial charge is 0.242 e. The first kappa shape index (κ1) is 6.14. The Bertz CT molecular complexity index is 128. The quantitative estimate of drug-likeness (QED) is 0.487. The normalized spacial score (nSPS) is 29.6. The van der Waals surface area contributed by atoms with Crippen molar-refractivity contribution in [1.29, 1.82) is 0 Å². The van der Waals surface area contributed by atoms with E-state index < -0.39 is 6.17 Å². The van der Waals surface area contributed by atoms with Crippen molar-refractivity contribution < 1.29 is 4.39 Å². The van der Waals surface area contributed by atoms with E-state index in [0.717, 1.165) is 10.5 Å². The van der Waals surface area contributed by atoms with Gasteiger partial charge < -0.3 is 0 Å². The number of halogens is 1. The number of hydrogen-bond acceptors (Lipinski definition) is 1. The zero-order valence-corrected chi connectivity index (χ0v) is 5.89. The molecular weight excluding hydrogens is 123 g/mol. The summed E-state index contributed by atoms with van der Waals surface area (Å²) >= 11 is 1.62. The molecule has 0 aromatic heterocycles. The Hall–Kier alpha value is 0.0200. The molecule has 0 fully saturated rings. The third-order valence-corrected chi connectivity index (χ3v) is 2.69. The molecule has 2 heteroatoms. The highest BCUT2D eigenvalue weighted by Gasteiger charge is 2.18. The molecule has 1 unspecified atom stereocenters. The summed E-state index contributed by atoms with van der Waals surface area (Å²) in [5.41, 5.74) is 0.926. The second-order valence-corrected chi connectivity index (χ2v) is 3.25. The molecule has 0 aliphatic carbocycles. The van der Waals surface area contributed by atoms with E-state index in [4.69, 9.17) is 0 Å². The predicted octanol–water partition coefficient (Wildman–Crippen LogP) is 2.37. The highest BCUT2D eigenvalue weighted by Crippen LogP contribution is 2.32. The summed E-state index contributed by atoms with van der Waals surface area (Å²) in [5, 5.41) is 0. The first-order chi connectivity index (χ1) is 3.72. The Balaban J connectivity index is 2.71. The molecule has 1 heterocycles. The third-order valence-electron chi connectivity index (χ3n) is 1.47. The molecule has 1 aliphatic heterocycles. The van der Waals surface area contributed by atoms with Crippen LogP contribution in [-0.4, -0.2) is 11.9 Å². The van der Waals surface area contributed by atoms with Crippen LogP contribution in [0.1, 0.15) is 13.8 Å². The summed E-state index contributed by atoms with van der Waals surface area (Å²) < 4.78 is 12.5. The van der Waals surface area contributed by atoms with Gasteiger partial charge in [-0.3, -0.25) is 0 Å². The lowest BCUT2D eigenvalue weighted by molar-refractivity contribution is 0.421. The summed E-state index contributed by atoms with van der Waals surface area (Å²) in [4.78, 5) is 1.16. The first-order valence-corrected chi connectivity index (χ1v) is 3.64. The van der Waals surface area contributed by atoms with E-state index in [0.29, 0.717) is 5.75 Å². The van der Waals surface area contributed by atoms with E-state index in [-0.39, 0.29) is 0 Å². The Morgan fingerprint density at radius 2 is 2.25 bits per heavy atom. The molecule has 0 spiro atoms. The number of thioether (sulfide) groups is 1. The monoisotopic (exact) mass is 132 g/mol. The Kier molecular flexibility index (Phi) is 1.61. The fourth-order valence-corrected chi connectivity index (χ4v) is 1.66. The molecule has 1 aliphatic rings. The maximum Gasteiger partial charge on any atom is 0.131 e. The fraction of sp³-hybridized carbons (Fsp3) is 0.667. The summed E-state index contributed by atoms with van der Waals surface area (Å²) in [6, 6.07) is 0. The van der Waals surface area contributed by atoms with Crippen LogP contribution in [0.2, 0.25) is 0 Å². The second-order valence-electron chi connectivity index (χ2n) is 2.02. The van der Waals surface area contributed by atoms with Gasteiger partial charge in [0.15, 0.2) is 0 Å². The van der Waals surface area contributed by atoms with Crippen LogP contribution in [0, 0.1) is 0 Å². The van der Waals surface area contributed by atoms with E-state index in [2.05, 4.69) is 0 Å². The molecule has 0 bridgehead atoms. The van der Waals surface area contributed by atoms with Crippen LogP contribution in [0.4, 0.5) is 4.39 Å². The second kappa shape index (κ2) is 2.09. The zero-order valence-electron chi connectivity index (χ0n) is 5.07. The maximum atomic E-state index is 12.5. The lowest BCUT2D eigenvalue weighted by Crippen LogP contribution is -1.97. The standard InChI is InChI=1S/C6H9FS/c1-4-5(2)8-3-6(4)7/h6H,3H2,1-2H3. The highest BCUT2D eigenvalue weighted by atomic mass is 32.2. The van der Waals surface area contributed by atoms with E-state index in [1.54, 1.807) is 11.8 Å². The average Bonchev–Trinajstić information content (AvgIpc) is 1.98. The topological polar surface area (TPSA) is 0 Å². The SMILES string of the molecule is CC1=C(C)C(F)CS1. The van der Waals surface area contributed by atoms with Gasteiger partial charge in [0.25, 0.3) is 0 Å². The Labute approximate surface area is 53.2 Å². The van der Waals surface area contributed by atoms with Crippen LogP contribution in [0.15, 0.2) is 10.5 Å². The predicted molar refractivity (Wildman–Crippen MR) is 35.7 cm³/mol. The molecule has 0 nitrogen and oxygen atoms in total. The Morgan fingerprint density at radius 1 is 1.62 bits per heavy atom. The van der Waals surface area contributed by atoms with Gasteiger partial charge in [0.2, 0.25) is 0 Å². The van der Waals surface area contributed by atoms with Gasteiger partial charge in [-0.05, 0) is 24.3 Å². The van der Waals surface area contributed by atoms with Gasteiger partial charge in [0.1, 0.15) is 6.17 Å². The summed E-state index contributed by atoms with van der Waals surface area (Å²) in [6.07, 6.45) is -0.667. The van der Waals surface area contributed by atoms with Gasteiger partial charge in [0.05, 0.1) is 0 Å². The third kappa shape index (κ3) is 0.895. The van der Waals surface area contributed by atoms with E-state index in [1.807, 2.05) is 13.8 Å². The van der Waals surface area contributed by atoms with Crippen molar-refractivity contribution >= 4 is 11.8 Å². The average molecular weight is 132 g/mol. The molecule has 0 aromatic carbocycles. The van der Waals surface area contributed by atoms with Crippen LogP contribution in [0.3, 0.4) is 0 Å².